The van der Waals surface area contributed by atoms with Crippen LogP contribution in [0.25, 0.3) is 5.69 Å². The summed E-state index contributed by atoms with van der Waals surface area (Å²) < 4.78 is 12.2. The Morgan fingerprint density at radius 1 is 1.12 bits per heavy atom. The molecule has 1 N–H and O–H groups in total. The average Bonchev–Trinajstić information content (AvgIpc) is 3.44. The number of carbonyl (C=O) groups is 1. The Morgan fingerprint density at radius 2 is 1.94 bits per heavy atom. The number of benzene rings is 1. The molecule has 7 nitrogen and oxygen atoms in total. The third-order valence-electron chi connectivity index (χ3n) is 5.60. The summed E-state index contributed by atoms with van der Waals surface area (Å²) in [5, 5.41) is 4.18. The molecule has 1 aromatic carbocycles. The van der Waals surface area contributed by atoms with Gasteiger partial charge in [0.15, 0.2) is 5.11 Å². The van der Waals surface area contributed by atoms with Gasteiger partial charge in [-0.3, -0.25) is 4.98 Å². The van der Waals surface area contributed by atoms with Crippen LogP contribution in [0.3, 0.4) is 0 Å². The molecule has 0 amide bonds. The maximum Gasteiger partial charge on any atom is 0.337 e. The first kappa shape index (κ1) is 22.0. The Kier molecular flexibility index (Phi) is 6.82. The van der Waals surface area contributed by atoms with E-state index in [0.29, 0.717) is 17.3 Å². The highest BCUT2D eigenvalue weighted by Crippen LogP contribution is 2.39. The van der Waals surface area contributed by atoms with Crippen LogP contribution in [0, 0.1) is 0 Å². The van der Waals surface area contributed by atoms with E-state index in [9.17, 15) is 4.79 Å². The van der Waals surface area contributed by atoms with Crippen molar-refractivity contribution < 1.29 is 14.3 Å². The summed E-state index contributed by atoms with van der Waals surface area (Å²) >= 11 is 5.72. The molecule has 4 rings (SSSR count). The lowest BCUT2D eigenvalue weighted by molar-refractivity contribution is 0.0600. The van der Waals surface area contributed by atoms with Gasteiger partial charge in [-0.05, 0) is 67.2 Å². The second-order valence-corrected chi connectivity index (χ2v) is 7.89. The van der Waals surface area contributed by atoms with Gasteiger partial charge < -0.3 is 24.3 Å². The van der Waals surface area contributed by atoms with Crippen LogP contribution in [0.1, 0.15) is 40.3 Å². The van der Waals surface area contributed by atoms with Gasteiger partial charge in [-0.15, -0.1) is 0 Å². The normalized spacial score (nSPS) is 17.9. The minimum absolute atomic E-state index is 0.0514. The number of nitrogens with zero attached hydrogens (tertiary/aromatic N) is 3. The summed E-state index contributed by atoms with van der Waals surface area (Å²) in [5.41, 5.74) is 3.48. The predicted molar refractivity (Wildman–Crippen MR) is 126 cm³/mol. The van der Waals surface area contributed by atoms with Crippen molar-refractivity contribution >= 4 is 23.3 Å². The van der Waals surface area contributed by atoms with E-state index in [1.165, 1.54) is 7.11 Å². The molecule has 8 heteroatoms. The van der Waals surface area contributed by atoms with Crippen molar-refractivity contribution in [2.45, 2.75) is 18.5 Å². The summed E-state index contributed by atoms with van der Waals surface area (Å²) in [4.78, 5) is 18.6. The first-order valence-electron chi connectivity index (χ1n) is 10.5. The maximum absolute atomic E-state index is 11.8. The van der Waals surface area contributed by atoms with Crippen molar-refractivity contribution in [1.82, 2.24) is 19.8 Å². The molecule has 3 aromatic rings. The maximum atomic E-state index is 11.8. The summed E-state index contributed by atoms with van der Waals surface area (Å²) in [5.74, 6) is -0.353. The van der Waals surface area contributed by atoms with Gasteiger partial charge in [0.2, 0.25) is 0 Å². The second kappa shape index (κ2) is 9.93. The van der Waals surface area contributed by atoms with Crippen LogP contribution in [0.4, 0.5) is 0 Å². The number of carbonyl (C=O) groups excluding carboxylic acids is 1. The molecule has 0 unspecified atom stereocenters. The zero-order chi connectivity index (χ0) is 22.5. The minimum atomic E-state index is -0.353. The van der Waals surface area contributed by atoms with Crippen LogP contribution in [0.15, 0.2) is 67.0 Å². The van der Waals surface area contributed by atoms with Gasteiger partial charge in [-0.2, -0.15) is 0 Å². The van der Waals surface area contributed by atoms with Gasteiger partial charge in [0.1, 0.15) is 0 Å². The van der Waals surface area contributed by atoms with E-state index in [2.05, 4.69) is 25.8 Å². The highest BCUT2D eigenvalue weighted by Gasteiger charge is 2.40. The number of methoxy groups -OCH3 is 2. The van der Waals surface area contributed by atoms with E-state index in [4.69, 9.17) is 21.7 Å². The molecule has 0 radical (unpaired) electrons. The van der Waals surface area contributed by atoms with E-state index < -0.39 is 0 Å². The highest BCUT2D eigenvalue weighted by atomic mass is 32.1. The van der Waals surface area contributed by atoms with Gasteiger partial charge in [0.05, 0.1) is 30.5 Å². The molecular weight excluding hydrogens is 424 g/mol. The Bertz CT molecular complexity index is 1070. The Hall–Kier alpha value is -3.23. The number of pyridine rings is 1. The molecule has 1 fully saturated rings. The summed E-state index contributed by atoms with van der Waals surface area (Å²) in [7, 11) is 3.09. The SMILES string of the molecule is COCCCN1C(=S)N[C@H](c2ccccn2)[C@H]1c1cccn1-c1ccc(C(=O)OC)cc1. The Morgan fingerprint density at radius 3 is 2.62 bits per heavy atom. The summed E-state index contributed by atoms with van der Waals surface area (Å²) in [6.07, 6.45) is 4.68. The number of aromatic nitrogens is 2. The van der Waals surface area contributed by atoms with Crippen molar-refractivity contribution in [2.24, 2.45) is 0 Å². The molecule has 2 aromatic heterocycles. The molecule has 0 bridgehead atoms. The molecule has 32 heavy (non-hydrogen) atoms. The van der Waals surface area contributed by atoms with Gasteiger partial charge in [0, 0.05) is 44.0 Å². The van der Waals surface area contributed by atoms with Gasteiger partial charge >= 0.3 is 5.97 Å². The van der Waals surface area contributed by atoms with Gasteiger partial charge in [0.25, 0.3) is 0 Å². The van der Waals surface area contributed by atoms with E-state index in [1.807, 2.05) is 42.6 Å². The summed E-state index contributed by atoms with van der Waals surface area (Å²) in [6, 6.07) is 17.3. The minimum Gasteiger partial charge on any atom is -0.465 e. The average molecular weight is 451 g/mol. The van der Waals surface area contributed by atoms with Crippen LogP contribution in [0.5, 0.6) is 0 Å². The van der Waals surface area contributed by atoms with Gasteiger partial charge in [-0.1, -0.05) is 6.07 Å². The van der Waals surface area contributed by atoms with E-state index in [-0.39, 0.29) is 18.1 Å². The van der Waals surface area contributed by atoms with Crippen molar-refractivity contribution in [3.8, 4) is 5.69 Å². The van der Waals surface area contributed by atoms with E-state index >= 15 is 0 Å². The monoisotopic (exact) mass is 450 g/mol. The second-order valence-electron chi connectivity index (χ2n) is 7.51. The van der Waals surface area contributed by atoms with Crippen LogP contribution < -0.4 is 5.32 Å². The fourth-order valence-corrected chi connectivity index (χ4v) is 4.43. The number of ether oxygens (including phenoxy) is 2. The largest absolute Gasteiger partial charge is 0.465 e. The number of nitrogens with one attached hydrogen (secondary N) is 1. The number of hydrogen-bond acceptors (Lipinski definition) is 5. The molecule has 2 atom stereocenters. The molecule has 1 aliphatic heterocycles. The van der Waals surface area contributed by atoms with Crippen molar-refractivity contribution in [2.75, 3.05) is 27.4 Å². The number of rotatable bonds is 8. The van der Waals surface area contributed by atoms with Crippen molar-refractivity contribution in [1.29, 1.82) is 0 Å². The lowest BCUT2D eigenvalue weighted by Crippen LogP contribution is -2.32. The van der Waals surface area contributed by atoms with Crippen molar-refractivity contribution in [3.05, 3.63) is 83.9 Å². The molecule has 166 valence electrons. The topological polar surface area (TPSA) is 68.6 Å². The Balaban J connectivity index is 1.72. The summed E-state index contributed by atoms with van der Waals surface area (Å²) in [6.45, 7) is 1.43. The van der Waals surface area contributed by atoms with Crippen LogP contribution >= 0.6 is 12.2 Å². The van der Waals surface area contributed by atoms with Crippen LogP contribution in [-0.2, 0) is 9.47 Å². The van der Waals surface area contributed by atoms with E-state index in [0.717, 1.165) is 30.0 Å². The van der Waals surface area contributed by atoms with Crippen molar-refractivity contribution in [3.63, 3.8) is 0 Å². The number of esters is 1. The number of hydrogen-bond donors (Lipinski definition) is 1. The zero-order valence-corrected chi connectivity index (χ0v) is 18.9. The molecule has 0 aliphatic carbocycles. The standard InChI is InChI=1S/C24H26N4O3S/c1-30-16-6-15-28-22(21(26-24(28)32)19-7-3-4-13-25-19)20-8-5-14-27(20)18-11-9-17(10-12-18)23(29)31-2/h3-5,7-14,21-22H,6,15-16H2,1-2H3,(H,26,32)/t21-,22-/m1/s1. The van der Waals surface area contributed by atoms with Crippen LogP contribution in [-0.4, -0.2) is 52.9 Å². The first-order chi connectivity index (χ1) is 15.6. The fraction of sp³-hybridized carbons (Fsp3) is 0.292. The molecule has 1 saturated heterocycles. The molecule has 3 heterocycles. The smallest absolute Gasteiger partial charge is 0.337 e. The van der Waals surface area contributed by atoms with Crippen LogP contribution in [0.2, 0.25) is 0 Å². The molecular formula is C24H26N4O3S. The van der Waals surface area contributed by atoms with Gasteiger partial charge in [-0.25, -0.2) is 4.79 Å². The third kappa shape index (κ3) is 4.37. The first-order valence-corrected chi connectivity index (χ1v) is 10.9. The number of thiocarbonyl (C=S) groups is 1. The molecule has 0 saturated carbocycles. The Labute approximate surface area is 193 Å². The lowest BCUT2D eigenvalue weighted by atomic mass is 10.0. The van der Waals surface area contributed by atoms with E-state index in [1.54, 1.807) is 25.4 Å². The lowest BCUT2D eigenvalue weighted by Gasteiger charge is -2.29. The highest BCUT2D eigenvalue weighted by molar-refractivity contribution is 7.80. The zero-order valence-electron chi connectivity index (χ0n) is 18.1. The predicted octanol–water partition coefficient (Wildman–Crippen LogP) is 3.67. The quantitative estimate of drug-likeness (QED) is 0.319. The fourth-order valence-electron chi connectivity index (χ4n) is 4.09. The molecule has 1 aliphatic rings. The third-order valence-corrected chi connectivity index (χ3v) is 5.95. The molecule has 0 spiro atoms.